The molecular formula is C15H19NO4. The first-order chi connectivity index (χ1) is 9.69. The van der Waals surface area contributed by atoms with Crippen LogP contribution < -0.4 is 0 Å². The van der Waals surface area contributed by atoms with Gasteiger partial charge in [-0.1, -0.05) is 30.3 Å². The van der Waals surface area contributed by atoms with E-state index in [2.05, 4.69) is 0 Å². The van der Waals surface area contributed by atoms with Crippen molar-refractivity contribution in [2.75, 3.05) is 13.2 Å². The molecule has 0 aliphatic heterocycles. The lowest BCUT2D eigenvalue weighted by molar-refractivity contribution is 0.290. The molecule has 5 nitrogen and oxygen atoms in total. The summed E-state index contributed by atoms with van der Waals surface area (Å²) in [6.45, 7) is 0.0872. The standard InChI is InChI=1S/C15H19NO4/c17-8-6-12-13(7-9-18)15(20)16(14(12)19)10-11-4-2-1-3-5-11/h1-5,17-20H,6-10H2. The van der Waals surface area contributed by atoms with Gasteiger partial charge < -0.3 is 20.4 Å². The summed E-state index contributed by atoms with van der Waals surface area (Å²) in [5.74, 6) is -0.104. The maximum Gasteiger partial charge on any atom is 0.197 e. The molecule has 0 atom stereocenters. The molecule has 0 unspecified atom stereocenters. The van der Waals surface area contributed by atoms with Gasteiger partial charge in [0.15, 0.2) is 11.8 Å². The van der Waals surface area contributed by atoms with Crippen LogP contribution in [0.4, 0.5) is 0 Å². The van der Waals surface area contributed by atoms with Crippen molar-refractivity contribution in [3.8, 4) is 11.8 Å². The number of aliphatic hydroxyl groups is 2. The normalized spacial score (nSPS) is 10.9. The third kappa shape index (κ3) is 2.79. The topological polar surface area (TPSA) is 85.9 Å². The van der Waals surface area contributed by atoms with E-state index in [1.54, 1.807) is 0 Å². The summed E-state index contributed by atoms with van der Waals surface area (Å²) in [4.78, 5) is 0. The lowest BCUT2D eigenvalue weighted by Crippen LogP contribution is -1.99. The van der Waals surface area contributed by atoms with Crippen molar-refractivity contribution >= 4 is 0 Å². The van der Waals surface area contributed by atoms with Crippen LogP contribution in [0.1, 0.15) is 16.7 Å². The molecular weight excluding hydrogens is 258 g/mol. The van der Waals surface area contributed by atoms with Crippen molar-refractivity contribution in [1.82, 2.24) is 4.57 Å². The number of rotatable bonds is 6. The average Bonchev–Trinajstić information content (AvgIpc) is 2.67. The second-order valence-corrected chi connectivity index (χ2v) is 4.62. The largest absolute Gasteiger partial charge is 0.494 e. The molecule has 0 aliphatic carbocycles. The van der Waals surface area contributed by atoms with Gasteiger partial charge in [-0.2, -0.15) is 0 Å². The molecule has 0 radical (unpaired) electrons. The van der Waals surface area contributed by atoms with E-state index in [1.807, 2.05) is 30.3 Å². The minimum atomic E-state index is -0.124. The Kier molecular flexibility index (Phi) is 4.65. The summed E-state index contributed by atoms with van der Waals surface area (Å²) in [6, 6.07) is 9.46. The van der Waals surface area contributed by atoms with Crippen molar-refractivity contribution in [3.05, 3.63) is 47.0 Å². The van der Waals surface area contributed by atoms with Gasteiger partial charge >= 0.3 is 0 Å². The minimum absolute atomic E-state index is 0.0520. The third-order valence-corrected chi connectivity index (χ3v) is 3.32. The number of nitrogens with zero attached hydrogens (tertiary/aromatic N) is 1. The summed E-state index contributed by atoms with van der Waals surface area (Å²) in [7, 11) is 0. The summed E-state index contributed by atoms with van der Waals surface area (Å²) >= 11 is 0. The zero-order valence-corrected chi connectivity index (χ0v) is 11.2. The average molecular weight is 277 g/mol. The van der Waals surface area contributed by atoms with Gasteiger partial charge in [0.25, 0.3) is 0 Å². The summed E-state index contributed by atoms with van der Waals surface area (Å²) < 4.78 is 1.39. The van der Waals surface area contributed by atoms with Crippen LogP contribution in [0.25, 0.3) is 0 Å². The highest BCUT2D eigenvalue weighted by atomic mass is 16.3. The fourth-order valence-corrected chi connectivity index (χ4v) is 2.36. The second-order valence-electron chi connectivity index (χ2n) is 4.62. The minimum Gasteiger partial charge on any atom is -0.494 e. The maximum absolute atomic E-state index is 10.2. The maximum atomic E-state index is 10.2. The van der Waals surface area contributed by atoms with Crippen molar-refractivity contribution in [2.45, 2.75) is 19.4 Å². The Hall–Kier alpha value is -1.98. The number of hydrogen-bond acceptors (Lipinski definition) is 4. The highest BCUT2D eigenvalue weighted by Gasteiger charge is 2.21. The van der Waals surface area contributed by atoms with Crippen LogP contribution in [0, 0.1) is 0 Å². The number of benzene rings is 1. The Balaban J connectivity index is 2.40. The molecule has 2 aromatic rings. The Labute approximate surface area is 117 Å². The highest BCUT2D eigenvalue weighted by molar-refractivity contribution is 5.46. The molecule has 1 heterocycles. The van der Waals surface area contributed by atoms with Gasteiger partial charge in [-0.05, 0) is 5.56 Å². The van der Waals surface area contributed by atoms with E-state index >= 15 is 0 Å². The molecule has 0 amide bonds. The monoisotopic (exact) mass is 277 g/mol. The van der Waals surface area contributed by atoms with Crippen molar-refractivity contribution in [3.63, 3.8) is 0 Å². The van der Waals surface area contributed by atoms with Crippen LogP contribution in [0.3, 0.4) is 0 Å². The van der Waals surface area contributed by atoms with Crippen LogP contribution in [0.15, 0.2) is 30.3 Å². The lowest BCUT2D eigenvalue weighted by atomic mass is 10.1. The molecule has 0 saturated carbocycles. The number of aromatic nitrogens is 1. The fraction of sp³-hybridized carbons (Fsp3) is 0.333. The van der Waals surface area contributed by atoms with Gasteiger partial charge in [0.2, 0.25) is 0 Å². The first-order valence-electron chi connectivity index (χ1n) is 6.56. The lowest BCUT2D eigenvalue weighted by Gasteiger charge is -2.07. The molecule has 0 saturated heterocycles. The molecule has 0 bridgehead atoms. The molecule has 5 heteroatoms. The van der Waals surface area contributed by atoms with Crippen LogP contribution in [0.2, 0.25) is 0 Å². The van der Waals surface area contributed by atoms with Crippen molar-refractivity contribution in [1.29, 1.82) is 0 Å². The van der Waals surface area contributed by atoms with Crippen LogP contribution in [-0.2, 0) is 19.4 Å². The Morgan fingerprint density at radius 3 is 1.75 bits per heavy atom. The van der Waals surface area contributed by atoms with Gasteiger partial charge in [-0.25, -0.2) is 0 Å². The first kappa shape index (κ1) is 14.4. The van der Waals surface area contributed by atoms with E-state index in [0.29, 0.717) is 17.7 Å². The molecule has 0 spiro atoms. The highest BCUT2D eigenvalue weighted by Crippen LogP contribution is 2.35. The second kappa shape index (κ2) is 6.45. The third-order valence-electron chi connectivity index (χ3n) is 3.32. The molecule has 4 N–H and O–H groups in total. The Morgan fingerprint density at radius 1 is 0.800 bits per heavy atom. The zero-order valence-electron chi connectivity index (χ0n) is 11.2. The van der Waals surface area contributed by atoms with E-state index < -0.39 is 0 Å². The molecule has 20 heavy (non-hydrogen) atoms. The Bertz CT molecular complexity index is 533. The van der Waals surface area contributed by atoms with Gasteiger partial charge in [-0.3, -0.25) is 4.57 Å². The van der Waals surface area contributed by atoms with Crippen molar-refractivity contribution < 1.29 is 20.4 Å². The summed E-state index contributed by atoms with van der Waals surface area (Å²) in [5.41, 5.74) is 1.93. The van der Waals surface area contributed by atoms with Gasteiger partial charge in [0.05, 0.1) is 6.54 Å². The van der Waals surface area contributed by atoms with Crippen LogP contribution in [-0.4, -0.2) is 38.2 Å². The number of hydrogen-bond donors (Lipinski definition) is 4. The van der Waals surface area contributed by atoms with E-state index in [-0.39, 0.29) is 37.8 Å². The fourth-order valence-electron chi connectivity index (χ4n) is 2.36. The SMILES string of the molecule is OCCc1c(CCO)c(O)n(Cc2ccccc2)c1O. The molecule has 2 rings (SSSR count). The molecule has 1 aromatic heterocycles. The van der Waals surface area contributed by atoms with Gasteiger partial charge in [0, 0.05) is 37.2 Å². The predicted octanol–water partition coefficient (Wildman–Crippen LogP) is 1.02. The summed E-state index contributed by atoms with van der Waals surface area (Å²) in [5, 5.41) is 38.6. The van der Waals surface area contributed by atoms with E-state index in [9.17, 15) is 10.2 Å². The number of aromatic hydroxyl groups is 2. The quantitative estimate of drug-likeness (QED) is 0.635. The summed E-state index contributed by atoms with van der Waals surface area (Å²) in [6.07, 6.45) is 0.493. The van der Waals surface area contributed by atoms with E-state index in [1.165, 1.54) is 4.57 Å². The predicted molar refractivity (Wildman–Crippen MR) is 74.9 cm³/mol. The van der Waals surface area contributed by atoms with E-state index in [4.69, 9.17) is 10.2 Å². The molecule has 1 aromatic carbocycles. The molecule has 0 aliphatic rings. The van der Waals surface area contributed by atoms with Crippen LogP contribution in [0.5, 0.6) is 11.8 Å². The van der Waals surface area contributed by atoms with Gasteiger partial charge in [0.1, 0.15) is 0 Å². The van der Waals surface area contributed by atoms with E-state index in [0.717, 1.165) is 5.56 Å². The smallest absolute Gasteiger partial charge is 0.197 e. The van der Waals surface area contributed by atoms with Crippen LogP contribution >= 0.6 is 0 Å². The zero-order chi connectivity index (χ0) is 14.5. The Morgan fingerprint density at radius 2 is 1.30 bits per heavy atom. The first-order valence-corrected chi connectivity index (χ1v) is 6.56. The molecule has 0 fully saturated rings. The molecule has 108 valence electrons. The van der Waals surface area contributed by atoms with Crippen molar-refractivity contribution in [2.24, 2.45) is 0 Å². The number of aliphatic hydroxyl groups excluding tert-OH is 2. The van der Waals surface area contributed by atoms with Gasteiger partial charge in [-0.15, -0.1) is 0 Å².